The molecule has 3 N–H and O–H groups in total. The maximum Gasteiger partial charge on any atom is 0.266 e. The second-order valence-corrected chi connectivity index (χ2v) is 3.86. The highest BCUT2D eigenvalue weighted by atomic mass is 32.1. The number of amides is 1. The molecule has 7 heteroatoms. The molecule has 14 heavy (non-hydrogen) atoms. The highest BCUT2D eigenvalue weighted by Gasteiger charge is 2.15. The molecule has 1 unspecified atom stereocenters. The first-order valence-corrected chi connectivity index (χ1v) is 5.14. The minimum absolute atomic E-state index is 0.226. The van der Waals surface area contributed by atoms with Gasteiger partial charge < -0.3 is 10.8 Å². The van der Waals surface area contributed by atoms with Gasteiger partial charge in [0.1, 0.15) is 9.71 Å². The first-order valence-electron chi connectivity index (χ1n) is 3.74. The van der Waals surface area contributed by atoms with Crippen LogP contribution < -0.4 is 10.8 Å². The molecule has 0 radical (unpaired) electrons. The van der Waals surface area contributed by atoms with Crippen LogP contribution >= 0.6 is 20.7 Å². The fraction of sp³-hybridized carbons (Fsp3) is 0. The van der Waals surface area contributed by atoms with E-state index in [2.05, 4.69) is 24.7 Å². The number of rotatable bonds is 1. The average molecular weight is 226 g/mol. The summed E-state index contributed by atoms with van der Waals surface area (Å²) < 4.78 is 0. The summed E-state index contributed by atoms with van der Waals surface area (Å²) in [6.07, 6.45) is 1.55. The van der Waals surface area contributed by atoms with Crippen LogP contribution in [-0.2, 0) is 0 Å². The number of anilines is 1. The number of fused-ring (bicyclic) bond motifs is 1. The fourth-order valence-corrected chi connectivity index (χ4v) is 2.30. The third kappa shape index (κ3) is 1.32. The van der Waals surface area contributed by atoms with Gasteiger partial charge in [-0.1, -0.05) is 0 Å². The number of hydrogen-bond donors (Lipinski definition) is 2. The van der Waals surface area contributed by atoms with Crippen molar-refractivity contribution < 1.29 is 4.79 Å². The number of hydrogen-bond acceptors (Lipinski definition) is 5. The molecule has 0 fully saturated rings. The van der Waals surface area contributed by atoms with E-state index in [1.807, 2.05) is 0 Å². The molecule has 0 aliphatic carbocycles. The Hall–Kier alpha value is -1.26. The number of thiophene rings is 1. The summed E-state index contributed by atoms with van der Waals surface area (Å²) in [7, 11) is 2.14. The topological polar surface area (TPSA) is 80.9 Å². The van der Waals surface area contributed by atoms with Crippen molar-refractivity contribution in [2.75, 3.05) is 5.73 Å². The van der Waals surface area contributed by atoms with Gasteiger partial charge in [0.15, 0.2) is 0 Å². The van der Waals surface area contributed by atoms with Crippen molar-refractivity contribution in [3.63, 3.8) is 0 Å². The number of nitrogens with one attached hydrogen (secondary N) is 1. The third-order valence-corrected chi connectivity index (χ3v) is 3.12. The number of nitrogen functional groups attached to an aromatic ring is 1. The minimum Gasteiger partial charge on any atom is -0.397 e. The lowest BCUT2D eigenvalue weighted by Gasteiger charge is -1.95. The normalized spacial score (nSPS) is 10.4. The Morgan fingerprint density at radius 2 is 2.43 bits per heavy atom. The lowest BCUT2D eigenvalue weighted by atomic mass is 10.3. The van der Waals surface area contributed by atoms with Gasteiger partial charge in [0.2, 0.25) is 0 Å². The van der Waals surface area contributed by atoms with Gasteiger partial charge in [-0.05, 0) is 15.5 Å². The Labute approximate surface area is 86.0 Å². The Morgan fingerprint density at radius 1 is 1.64 bits per heavy atom. The van der Waals surface area contributed by atoms with Crippen molar-refractivity contribution >= 4 is 42.5 Å². The molecule has 1 atom stereocenters. The quantitative estimate of drug-likeness (QED) is 0.704. The van der Waals surface area contributed by atoms with Gasteiger partial charge in [0.25, 0.3) is 5.91 Å². The predicted molar refractivity (Wildman–Crippen MR) is 59.0 cm³/mol. The summed E-state index contributed by atoms with van der Waals surface area (Å²) in [6.45, 7) is 0. The molecule has 0 aromatic carbocycles. The number of nitrogens with zero attached hydrogens (tertiary/aromatic N) is 2. The zero-order valence-corrected chi connectivity index (χ0v) is 8.99. The molecule has 0 bridgehead atoms. The number of aromatic nitrogens is 2. The van der Waals surface area contributed by atoms with E-state index in [1.165, 1.54) is 11.3 Å². The zero-order valence-electron chi connectivity index (χ0n) is 7.02. The van der Waals surface area contributed by atoms with Gasteiger partial charge >= 0.3 is 0 Å². The van der Waals surface area contributed by atoms with Gasteiger partial charge in [-0.2, -0.15) is 5.10 Å². The summed E-state index contributed by atoms with van der Waals surface area (Å²) in [4.78, 5) is 12.5. The van der Waals surface area contributed by atoms with E-state index in [9.17, 15) is 4.79 Å². The van der Waals surface area contributed by atoms with Crippen molar-refractivity contribution in [3.8, 4) is 0 Å². The Morgan fingerprint density at radius 3 is 3.07 bits per heavy atom. The Bertz CT molecular complexity index is 497. The largest absolute Gasteiger partial charge is 0.397 e. The average Bonchev–Trinajstić information content (AvgIpc) is 2.56. The summed E-state index contributed by atoms with van der Waals surface area (Å²) in [5.41, 5.74) is 6.25. The third-order valence-electron chi connectivity index (χ3n) is 1.76. The number of carbonyl (C=O) groups is 1. The fourth-order valence-electron chi connectivity index (χ4n) is 1.11. The van der Waals surface area contributed by atoms with Gasteiger partial charge in [-0.25, -0.2) is 0 Å². The minimum atomic E-state index is -0.226. The van der Waals surface area contributed by atoms with Crippen molar-refractivity contribution in [3.05, 3.63) is 17.1 Å². The van der Waals surface area contributed by atoms with Crippen molar-refractivity contribution in [2.24, 2.45) is 0 Å². The highest BCUT2D eigenvalue weighted by Crippen LogP contribution is 2.31. The van der Waals surface area contributed by atoms with E-state index < -0.39 is 0 Å². The molecule has 1 amide bonds. The van der Waals surface area contributed by atoms with E-state index >= 15 is 0 Å². The number of nitrogens with two attached hydrogens (primary N) is 1. The smallest absolute Gasteiger partial charge is 0.266 e. The zero-order chi connectivity index (χ0) is 10.1. The molecule has 0 aliphatic rings. The van der Waals surface area contributed by atoms with Gasteiger partial charge in [-0.15, -0.1) is 16.4 Å². The molecule has 2 heterocycles. The van der Waals surface area contributed by atoms with E-state index in [-0.39, 0.29) is 5.91 Å². The summed E-state index contributed by atoms with van der Waals surface area (Å²) in [6, 6.07) is 1.74. The molecule has 0 saturated heterocycles. The predicted octanol–water partition coefficient (Wildman–Crippen LogP) is 0.793. The second-order valence-electron chi connectivity index (χ2n) is 2.57. The number of carbonyl (C=O) groups excluding carboxylic acids is 1. The first kappa shape index (κ1) is 9.30. The summed E-state index contributed by atoms with van der Waals surface area (Å²) in [5, 5.41) is 10.8. The van der Waals surface area contributed by atoms with Gasteiger partial charge in [0.05, 0.1) is 11.9 Å². The van der Waals surface area contributed by atoms with E-state index in [1.54, 1.807) is 12.3 Å². The van der Waals surface area contributed by atoms with E-state index in [0.29, 0.717) is 15.4 Å². The van der Waals surface area contributed by atoms with E-state index in [4.69, 9.17) is 5.73 Å². The van der Waals surface area contributed by atoms with Crippen LogP contribution in [-0.4, -0.2) is 16.1 Å². The summed E-state index contributed by atoms with van der Waals surface area (Å²) in [5.74, 6) is -0.226. The van der Waals surface area contributed by atoms with Crippen LogP contribution in [0.1, 0.15) is 9.67 Å². The molecular formula is C7H7N4OPS. The van der Waals surface area contributed by atoms with Crippen LogP contribution in [0.4, 0.5) is 5.69 Å². The molecule has 0 saturated carbocycles. The highest BCUT2D eigenvalue weighted by molar-refractivity contribution is 7.22. The van der Waals surface area contributed by atoms with Crippen LogP contribution in [0.25, 0.3) is 10.2 Å². The van der Waals surface area contributed by atoms with Gasteiger partial charge in [-0.3, -0.25) is 4.79 Å². The maximum absolute atomic E-state index is 11.4. The molecule has 5 nitrogen and oxygen atoms in total. The van der Waals surface area contributed by atoms with Crippen LogP contribution in [0.3, 0.4) is 0 Å². The second kappa shape index (κ2) is 3.48. The lowest BCUT2D eigenvalue weighted by Crippen LogP contribution is -2.11. The van der Waals surface area contributed by atoms with Gasteiger partial charge in [0, 0.05) is 5.39 Å². The molecule has 2 aromatic heterocycles. The molecule has 72 valence electrons. The monoisotopic (exact) mass is 226 g/mol. The standard InChI is InChI=1S/C7H7N4OPS/c8-4-3-1-2-9-10-7(3)14-5(4)6(12)11-13/h1-2H,8,13H2,(H,11,12). The molecule has 0 aliphatic heterocycles. The van der Waals surface area contributed by atoms with Crippen LogP contribution in [0, 0.1) is 0 Å². The molecule has 2 aromatic rings. The van der Waals surface area contributed by atoms with Crippen LogP contribution in [0.15, 0.2) is 12.3 Å². The van der Waals surface area contributed by atoms with E-state index in [0.717, 1.165) is 5.39 Å². The van der Waals surface area contributed by atoms with Crippen LogP contribution in [0.5, 0.6) is 0 Å². The summed E-state index contributed by atoms with van der Waals surface area (Å²) >= 11 is 1.23. The van der Waals surface area contributed by atoms with Crippen molar-refractivity contribution in [1.29, 1.82) is 0 Å². The Balaban J connectivity index is 2.68. The molecular weight excluding hydrogens is 219 g/mol. The maximum atomic E-state index is 11.4. The first-order chi connectivity index (χ1) is 6.74. The molecule has 2 rings (SSSR count). The van der Waals surface area contributed by atoms with Crippen molar-refractivity contribution in [2.45, 2.75) is 0 Å². The van der Waals surface area contributed by atoms with Crippen molar-refractivity contribution in [1.82, 2.24) is 15.3 Å². The molecule has 0 spiro atoms. The lowest BCUT2D eigenvalue weighted by molar-refractivity contribution is 0.0989. The Kier molecular flexibility index (Phi) is 2.31. The SMILES string of the molecule is Nc1c(C(=O)NP)sc2nnccc12. The van der Waals surface area contributed by atoms with Crippen LogP contribution in [0.2, 0.25) is 0 Å².